The zero-order valence-electron chi connectivity index (χ0n) is 18.4. The number of carboxylic acids is 1. The fourth-order valence-corrected chi connectivity index (χ4v) is 4.13. The van der Waals surface area contributed by atoms with E-state index in [4.69, 9.17) is 14.6 Å². The molecule has 0 saturated carbocycles. The zero-order valence-corrected chi connectivity index (χ0v) is 18.4. The van der Waals surface area contributed by atoms with Gasteiger partial charge in [-0.3, -0.25) is 14.7 Å². The second-order valence-electron chi connectivity index (χ2n) is 7.88. The largest absolute Gasteiger partial charge is 0.490 e. The van der Waals surface area contributed by atoms with Crippen LogP contribution in [0.1, 0.15) is 25.6 Å². The van der Waals surface area contributed by atoms with E-state index < -0.39 is 12.1 Å². The summed E-state index contributed by atoms with van der Waals surface area (Å²) in [5.74, 6) is -1.21. The molecule has 0 bridgehead atoms. The number of hydrogen-bond donors (Lipinski definition) is 1. The highest BCUT2D eigenvalue weighted by atomic mass is 19.4. The number of amides is 2. The normalized spacial score (nSPS) is 16.9. The number of nitrogens with zero attached hydrogens (tertiary/aromatic N) is 6. The highest BCUT2D eigenvalue weighted by Gasteiger charge is 2.46. The number of aliphatic carboxylic acids is 1. The molecule has 0 radical (unpaired) electrons. The Kier molecular flexibility index (Phi) is 7.07. The van der Waals surface area contributed by atoms with Gasteiger partial charge in [0, 0.05) is 44.5 Å². The maximum atomic E-state index is 12.2. The van der Waals surface area contributed by atoms with Gasteiger partial charge in [-0.25, -0.2) is 9.59 Å². The lowest BCUT2D eigenvalue weighted by atomic mass is 9.84. The number of pyridine rings is 1. The van der Waals surface area contributed by atoms with Crippen LogP contribution in [0.5, 0.6) is 0 Å². The molecule has 0 atom stereocenters. The van der Waals surface area contributed by atoms with Crippen molar-refractivity contribution >= 4 is 18.0 Å². The van der Waals surface area contributed by atoms with E-state index in [1.54, 1.807) is 24.2 Å². The maximum absolute atomic E-state index is 12.2. The molecule has 2 aliphatic rings. The van der Waals surface area contributed by atoms with Gasteiger partial charge in [-0.05, 0) is 25.0 Å². The Morgan fingerprint density at radius 1 is 1.15 bits per heavy atom. The standard InChI is InChI=1S/C18H22N6O3.C2HF3O2/c1-13(25)22-8-5-18(6-9-22)12-23(17(26)27-2)11-15-20-21-16(24(15)18)14-4-3-7-19-10-14;3-2(4,5)1(6)7/h3-4,7,10H,5-6,8-9,11-12H2,1-2H3;(H,6,7). The van der Waals surface area contributed by atoms with Crippen LogP contribution in [-0.4, -0.2) is 85.5 Å². The molecule has 1 saturated heterocycles. The third-order valence-electron chi connectivity index (χ3n) is 5.76. The highest BCUT2D eigenvalue weighted by molar-refractivity contribution is 5.73. The molecule has 14 heteroatoms. The molecule has 34 heavy (non-hydrogen) atoms. The Balaban J connectivity index is 0.000000406. The van der Waals surface area contributed by atoms with Crippen LogP contribution >= 0.6 is 0 Å². The number of fused-ring (bicyclic) bond motifs is 2. The van der Waals surface area contributed by atoms with E-state index in [2.05, 4.69) is 19.7 Å². The fourth-order valence-electron chi connectivity index (χ4n) is 4.13. The predicted octanol–water partition coefficient (Wildman–Crippen LogP) is 1.89. The van der Waals surface area contributed by atoms with Crippen molar-refractivity contribution in [3.05, 3.63) is 30.4 Å². The minimum atomic E-state index is -5.08. The van der Waals surface area contributed by atoms with Crippen LogP contribution in [-0.2, 0) is 26.4 Å². The minimum absolute atomic E-state index is 0.0712. The number of carbonyl (C=O) groups excluding carboxylic acids is 2. The second-order valence-corrected chi connectivity index (χ2v) is 7.88. The van der Waals surface area contributed by atoms with Crippen LogP contribution in [0.2, 0.25) is 0 Å². The first-order valence-electron chi connectivity index (χ1n) is 10.2. The summed E-state index contributed by atoms with van der Waals surface area (Å²) >= 11 is 0. The van der Waals surface area contributed by atoms with Crippen molar-refractivity contribution in [2.75, 3.05) is 26.7 Å². The van der Waals surface area contributed by atoms with Gasteiger partial charge in [0.05, 0.1) is 19.2 Å². The molecule has 1 spiro atoms. The van der Waals surface area contributed by atoms with Crippen LogP contribution in [0.4, 0.5) is 18.0 Å². The van der Waals surface area contributed by atoms with E-state index in [1.807, 2.05) is 17.0 Å². The topological polar surface area (TPSA) is 131 Å². The van der Waals surface area contributed by atoms with Gasteiger partial charge in [0.1, 0.15) is 0 Å². The van der Waals surface area contributed by atoms with Crippen molar-refractivity contribution in [2.24, 2.45) is 0 Å². The Morgan fingerprint density at radius 2 is 1.79 bits per heavy atom. The number of ether oxygens (including phenoxy) is 1. The third kappa shape index (κ3) is 5.10. The predicted molar refractivity (Wildman–Crippen MR) is 109 cm³/mol. The lowest BCUT2D eigenvalue weighted by molar-refractivity contribution is -0.192. The van der Waals surface area contributed by atoms with Gasteiger partial charge in [-0.1, -0.05) is 0 Å². The summed E-state index contributed by atoms with van der Waals surface area (Å²) in [7, 11) is 1.38. The van der Waals surface area contributed by atoms with Crippen molar-refractivity contribution in [1.29, 1.82) is 0 Å². The van der Waals surface area contributed by atoms with E-state index in [0.717, 1.165) is 30.1 Å². The molecule has 4 rings (SSSR count). The first kappa shape index (κ1) is 24.9. The third-order valence-corrected chi connectivity index (χ3v) is 5.76. The number of likely N-dealkylation sites (tertiary alicyclic amines) is 1. The average Bonchev–Trinajstić information content (AvgIpc) is 3.24. The molecule has 2 aliphatic heterocycles. The molecule has 11 nitrogen and oxygen atoms in total. The smallest absolute Gasteiger partial charge is 0.475 e. The monoisotopic (exact) mass is 484 g/mol. The molecular formula is C20H23F3N6O5. The van der Waals surface area contributed by atoms with E-state index in [9.17, 15) is 22.8 Å². The summed E-state index contributed by atoms with van der Waals surface area (Å²) in [6.45, 7) is 3.70. The SMILES string of the molecule is COC(=O)N1Cc2nnc(-c3cccnc3)n2C2(CCN(C(C)=O)CC2)C1.O=C(O)C(F)(F)F. The molecule has 2 amide bonds. The van der Waals surface area contributed by atoms with E-state index in [1.165, 1.54) is 7.11 Å². The number of methoxy groups -OCH3 is 1. The first-order valence-corrected chi connectivity index (χ1v) is 10.2. The maximum Gasteiger partial charge on any atom is 0.490 e. The van der Waals surface area contributed by atoms with E-state index in [0.29, 0.717) is 26.2 Å². The molecule has 0 aromatic carbocycles. The molecule has 2 aromatic heterocycles. The van der Waals surface area contributed by atoms with Gasteiger partial charge in [0.2, 0.25) is 5.91 Å². The van der Waals surface area contributed by atoms with E-state index in [-0.39, 0.29) is 17.5 Å². The molecule has 184 valence electrons. The molecule has 1 N–H and O–H groups in total. The number of piperidine rings is 1. The van der Waals surface area contributed by atoms with Gasteiger partial charge in [0.15, 0.2) is 11.6 Å². The molecule has 4 heterocycles. The van der Waals surface area contributed by atoms with Crippen molar-refractivity contribution in [2.45, 2.75) is 38.0 Å². The summed E-state index contributed by atoms with van der Waals surface area (Å²) in [4.78, 5) is 40.6. The molecule has 2 aromatic rings. The summed E-state index contributed by atoms with van der Waals surface area (Å²) in [5.41, 5.74) is 0.513. The number of alkyl halides is 3. The minimum Gasteiger partial charge on any atom is -0.475 e. The Morgan fingerprint density at radius 3 is 2.29 bits per heavy atom. The summed E-state index contributed by atoms with van der Waals surface area (Å²) in [5, 5.41) is 15.9. The number of aromatic nitrogens is 4. The number of hydrogen-bond acceptors (Lipinski definition) is 7. The van der Waals surface area contributed by atoms with Crippen LogP contribution in [0.25, 0.3) is 11.4 Å². The van der Waals surface area contributed by atoms with Gasteiger partial charge in [-0.15, -0.1) is 10.2 Å². The van der Waals surface area contributed by atoms with Crippen LogP contribution in [0.15, 0.2) is 24.5 Å². The Labute approximate surface area is 192 Å². The van der Waals surface area contributed by atoms with Crippen molar-refractivity contribution in [3.8, 4) is 11.4 Å². The molecular weight excluding hydrogens is 461 g/mol. The van der Waals surface area contributed by atoms with Crippen molar-refractivity contribution in [3.63, 3.8) is 0 Å². The average molecular weight is 484 g/mol. The van der Waals surface area contributed by atoms with Gasteiger partial charge >= 0.3 is 18.2 Å². The Hall–Kier alpha value is -3.71. The molecule has 0 aliphatic carbocycles. The lowest BCUT2D eigenvalue weighted by Crippen LogP contribution is -2.57. The fraction of sp³-hybridized carbons (Fsp3) is 0.500. The first-order chi connectivity index (χ1) is 16.0. The van der Waals surface area contributed by atoms with E-state index >= 15 is 0 Å². The number of carboxylic acid groups (broad SMARTS) is 1. The van der Waals surface area contributed by atoms with Crippen molar-refractivity contribution in [1.82, 2.24) is 29.5 Å². The second kappa shape index (κ2) is 9.65. The van der Waals surface area contributed by atoms with Crippen LogP contribution in [0, 0.1) is 0 Å². The number of carbonyl (C=O) groups is 3. The summed E-state index contributed by atoms with van der Waals surface area (Å²) in [6.07, 6.45) is -0.531. The van der Waals surface area contributed by atoms with Gasteiger partial charge in [-0.2, -0.15) is 13.2 Å². The number of halogens is 3. The summed E-state index contributed by atoms with van der Waals surface area (Å²) in [6, 6.07) is 3.82. The number of rotatable bonds is 1. The van der Waals surface area contributed by atoms with Gasteiger partial charge < -0.3 is 19.3 Å². The lowest BCUT2D eigenvalue weighted by Gasteiger charge is -2.48. The van der Waals surface area contributed by atoms with Crippen molar-refractivity contribution < 1.29 is 37.4 Å². The zero-order chi connectivity index (χ0) is 25.1. The van der Waals surface area contributed by atoms with Gasteiger partial charge in [0.25, 0.3) is 0 Å². The summed E-state index contributed by atoms with van der Waals surface area (Å²) < 4.78 is 38.8. The molecule has 0 unspecified atom stereocenters. The Bertz CT molecular complexity index is 1050. The molecule has 1 fully saturated rings. The highest BCUT2D eigenvalue weighted by Crippen LogP contribution is 2.39. The quantitative estimate of drug-likeness (QED) is 0.650. The van der Waals surface area contributed by atoms with Crippen LogP contribution < -0.4 is 0 Å². The van der Waals surface area contributed by atoms with Crippen LogP contribution in [0.3, 0.4) is 0 Å².